The molecule has 152 valence electrons. The van der Waals surface area contributed by atoms with Crippen LogP contribution in [0, 0.1) is 0 Å². The molecule has 3 heterocycles. The lowest BCUT2D eigenvalue weighted by molar-refractivity contribution is 0.261. The standard InChI is InChI=1S/C22H26N4O2S/c1-16(21-23-11-14-29-21)15-25-22(24-10-8-17-5-4-12-27-17)26-19-9-13-28-20-7-3-2-6-18(19)20/h2-7,11-12,14,16,19H,8-10,13,15H2,1H3,(H2,24,25,26). The third-order valence-corrected chi connectivity index (χ3v) is 5.92. The van der Waals surface area contributed by atoms with Crippen molar-refractivity contribution < 1.29 is 9.15 Å². The molecule has 2 aromatic heterocycles. The van der Waals surface area contributed by atoms with Gasteiger partial charge in [0.25, 0.3) is 0 Å². The van der Waals surface area contributed by atoms with Crippen LogP contribution in [0.15, 0.2) is 63.6 Å². The summed E-state index contributed by atoms with van der Waals surface area (Å²) in [7, 11) is 0. The van der Waals surface area contributed by atoms with E-state index in [9.17, 15) is 0 Å². The zero-order valence-electron chi connectivity index (χ0n) is 16.5. The second-order valence-corrected chi connectivity index (χ2v) is 8.01. The van der Waals surface area contributed by atoms with Crippen molar-refractivity contribution in [2.45, 2.75) is 31.7 Å². The normalized spacial score (nSPS) is 17.3. The van der Waals surface area contributed by atoms with Gasteiger partial charge < -0.3 is 19.8 Å². The maximum Gasteiger partial charge on any atom is 0.191 e. The Hall–Kier alpha value is -2.80. The van der Waals surface area contributed by atoms with Gasteiger partial charge in [-0.05, 0) is 18.2 Å². The molecular weight excluding hydrogens is 384 g/mol. The van der Waals surface area contributed by atoms with Crippen molar-refractivity contribution in [2.24, 2.45) is 4.99 Å². The Kier molecular flexibility index (Phi) is 6.46. The minimum absolute atomic E-state index is 0.171. The molecule has 0 radical (unpaired) electrons. The molecule has 3 aromatic rings. The van der Waals surface area contributed by atoms with Crippen molar-refractivity contribution in [3.63, 3.8) is 0 Å². The molecule has 0 aliphatic carbocycles. The highest BCUT2D eigenvalue weighted by Gasteiger charge is 2.22. The highest BCUT2D eigenvalue weighted by atomic mass is 32.1. The SMILES string of the molecule is CC(CN=C(NCCc1ccco1)NC1CCOc2ccccc21)c1nccs1. The Balaban J connectivity index is 1.44. The lowest BCUT2D eigenvalue weighted by Gasteiger charge is -2.28. The van der Waals surface area contributed by atoms with Gasteiger partial charge in [-0.1, -0.05) is 25.1 Å². The molecule has 1 aliphatic heterocycles. The number of hydrogen-bond donors (Lipinski definition) is 2. The maximum atomic E-state index is 5.79. The Morgan fingerprint density at radius 2 is 2.24 bits per heavy atom. The summed E-state index contributed by atoms with van der Waals surface area (Å²) in [6, 6.07) is 12.3. The molecule has 0 spiro atoms. The summed E-state index contributed by atoms with van der Waals surface area (Å²) in [5.41, 5.74) is 1.17. The number of benzene rings is 1. The molecule has 2 atom stereocenters. The molecule has 6 nitrogen and oxygen atoms in total. The van der Waals surface area contributed by atoms with Gasteiger partial charge in [0.15, 0.2) is 5.96 Å². The van der Waals surface area contributed by atoms with Crippen LogP contribution in [0.5, 0.6) is 5.75 Å². The minimum atomic E-state index is 0.171. The number of thiazole rings is 1. The predicted octanol–water partition coefficient (Wildman–Crippen LogP) is 4.14. The van der Waals surface area contributed by atoms with Gasteiger partial charge >= 0.3 is 0 Å². The molecule has 0 bridgehead atoms. The number of rotatable bonds is 7. The van der Waals surface area contributed by atoms with Gasteiger partial charge in [-0.15, -0.1) is 11.3 Å². The van der Waals surface area contributed by atoms with Gasteiger partial charge in [-0.25, -0.2) is 4.98 Å². The second-order valence-electron chi connectivity index (χ2n) is 7.09. The highest BCUT2D eigenvalue weighted by Crippen LogP contribution is 2.31. The van der Waals surface area contributed by atoms with Crippen LogP contribution in [0.3, 0.4) is 0 Å². The van der Waals surface area contributed by atoms with Crippen LogP contribution in [-0.2, 0) is 6.42 Å². The summed E-state index contributed by atoms with van der Waals surface area (Å²) in [6.07, 6.45) is 5.26. The lowest BCUT2D eigenvalue weighted by atomic mass is 10.0. The number of para-hydroxylation sites is 1. The van der Waals surface area contributed by atoms with Gasteiger partial charge in [0.2, 0.25) is 0 Å². The third-order valence-electron chi connectivity index (χ3n) is 4.91. The van der Waals surface area contributed by atoms with Crippen molar-refractivity contribution in [1.29, 1.82) is 0 Å². The third kappa shape index (κ3) is 5.17. The molecular formula is C22H26N4O2S. The van der Waals surface area contributed by atoms with E-state index >= 15 is 0 Å². The van der Waals surface area contributed by atoms with E-state index in [-0.39, 0.29) is 12.0 Å². The number of guanidine groups is 1. The quantitative estimate of drug-likeness (QED) is 0.452. The fraction of sp³-hybridized carbons (Fsp3) is 0.364. The summed E-state index contributed by atoms with van der Waals surface area (Å²) >= 11 is 1.68. The summed E-state index contributed by atoms with van der Waals surface area (Å²) in [5.74, 6) is 2.99. The van der Waals surface area contributed by atoms with Gasteiger partial charge in [0, 0.05) is 42.4 Å². The fourth-order valence-corrected chi connectivity index (χ4v) is 4.04. The largest absolute Gasteiger partial charge is 0.493 e. The molecule has 4 rings (SSSR count). The molecule has 0 saturated heterocycles. The molecule has 2 unspecified atom stereocenters. The first-order chi connectivity index (χ1) is 14.3. The number of aromatic nitrogens is 1. The van der Waals surface area contributed by atoms with Gasteiger partial charge in [-0.3, -0.25) is 4.99 Å². The van der Waals surface area contributed by atoms with E-state index in [1.807, 2.05) is 41.9 Å². The number of hydrogen-bond acceptors (Lipinski definition) is 5. The summed E-state index contributed by atoms with van der Waals surface area (Å²) < 4.78 is 11.2. The van der Waals surface area contributed by atoms with E-state index in [1.54, 1.807) is 17.6 Å². The number of aliphatic imine (C=N–C) groups is 1. The van der Waals surface area contributed by atoms with Crippen molar-refractivity contribution in [2.75, 3.05) is 19.7 Å². The van der Waals surface area contributed by atoms with Gasteiger partial charge in [0.1, 0.15) is 11.5 Å². The van der Waals surface area contributed by atoms with Crippen LogP contribution in [-0.4, -0.2) is 30.6 Å². The molecule has 2 N–H and O–H groups in total. The number of furan rings is 1. The molecule has 0 fully saturated rings. The van der Waals surface area contributed by atoms with Crippen LogP contribution in [0.2, 0.25) is 0 Å². The van der Waals surface area contributed by atoms with E-state index in [4.69, 9.17) is 14.1 Å². The molecule has 1 aromatic carbocycles. The molecule has 0 amide bonds. The zero-order chi connectivity index (χ0) is 19.9. The van der Waals surface area contributed by atoms with Crippen LogP contribution in [0.25, 0.3) is 0 Å². The van der Waals surface area contributed by atoms with Crippen molar-refractivity contribution >= 4 is 17.3 Å². The molecule has 0 saturated carbocycles. The predicted molar refractivity (Wildman–Crippen MR) is 116 cm³/mol. The Labute approximate surface area is 175 Å². The van der Waals surface area contributed by atoms with Crippen LogP contribution in [0.4, 0.5) is 0 Å². The van der Waals surface area contributed by atoms with E-state index in [0.29, 0.717) is 13.2 Å². The first-order valence-corrected chi connectivity index (χ1v) is 10.9. The van der Waals surface area contributed by atoms with Crippen LogP contribution < -0.4 is 15.4 Å². The smallest absolute Gasteiger partial charge is 0.191 e. The Bertz CT molecular complexity index is 909. The van der Waals surface area contributed by atoms with E-state index in [0.717, 1.165) is 41.9 Å². The van der Waals surface area contributed by atoms with Crippen LogP contribution >= 0.6 is 11.3 Å². The highest BCUT2D eigenvalue weighted by molar-refractivity contribution is 7.09. The fourth-order valence-electron chi connectivity index (χ4n) is 3.35. The van der Waals surface area contributed by atoms with Crippen LogP contribution in [0.1, 0.15) is 41.6 Å². The molecule has 7 heteroatoms. The van der Waals surface area contributed by atoms with Gasteiger partial charge in [0.05, 0.1) is 30.5 Å². The molecule has 1 aliphatic rings. The zero-order valence-corrected chi connectivity index (χ0v) is 17.3. The number of ether oxygens (including phenoxy) is 1. The topological polar surface area (TPSA) is 71.7 Å². The van der Waals surface area contributed by atoms with E-state index in [2.05, 4.69) is 28.6 Å². The first-order valence-electron chi connectivity index (χ1n) is 9.98. The lowest BCUT2D eigenvalue weighted by Crippen LogP contribution is -2.42. The van der Waals surface area contributed by atoms with Crippen molar-refractivity contribution in [1.82, 2.24) is 15.6 Å². The average molecular weight is 411 g/mol. The summed E-state index contributed by atoms with van der Waals surface area (Å²) in [6.45, 7) is 4.28. The minimum Gasteiger partial charge on any atom is -0.493 e. The van der Waals surface area contributed by atoms with Gasteiger partial charge in [-0.2, -0.15) is 0 Å². The summed E-state index contributed by atoms with van der Waals surface area (Å²) in [4.78, 5) is 9.27. The number of nitrogens with one attached hydrogen (secondary N) is 2. The first kappa shape index (κ1) is 19.5. The maximum absolute atomic E-state index is 5.79. The van der Waals surface area contributed by atoms with E-state index < -0.39 is 0 Å². The average Bonchev–Trinajstić information content (AvgIpc) is 3.46. The Morgan fingerprint density at radius 1 is 1.31 bits per heavy atom. The van der Waals surface area contributed by atoms with E-state index in [1.165, 1.54) is 5.56 Å². The number of fused-ring (bicyclic) bond motifs is 1. The Morgan fingerprint density at radius 3 is 3.07 bits per heavy atom. The molecule has 29 heavy (non-hydrogen) atoms. The summed E-state index contributed by atoms with van der Waals surface area (Å²) in [5, 5.41) is 10.2. The second kappa shape index (κ2) is 9.60. The monoisotopic (exact) mass is 410 g/mol. The number of nitrogens with zero attached hydrogens (tertiary/aromatic N) is 2. The van der Waals surface area contributed by atoms with Crippen molar-refractivity contribution in [3.8, 4) is 5.75 Å². The van der Waals surface area contributed by atoms with Crippen molar-refractivity contribution in [3.05, 3.63) is 70.6 Å².